The molecule has 8 nitrogen and oxygen atoms in total. The highest BCUT2D eigenvalue weighted by Crippen LogP contribution is 2.46. The highest BCUT2D eigenvalue weighted by atomic mass is 16.5. The molecule has 0 saturated carbocycles. The Kier molecular flexibility index (Phi) is 6.79. The molecule has 0 aliphatic carbocycles. The molecular weight excluding hydrogens is 434 g/mol. The number of phenols is 1. The summed E-state index contributed by atoms with van der Waals surface area (Å²) in [6.07, 6.45) is 0.444. The number of aromatic amines is 1. The van der Waals surface area contributed by atoms with E-state index in [0.717, 1.165) is 16.7 Å². The Morgan fingerprint density at radius 3 is 2.50 bits per heavy atom. The summed E-state index contributed by atoms with van der Waals surface area (Å²) in [5.74, 6) is 1.17. The van der Waals surface area contributed by atoms with Crippen molar-refractivity contribution in [1.82, 2.24) is 15.1 Å². The number of H-pyrrole nitrogens is 1. The van der Waals surface area contributed by atoms with Gasteiger partial charge in [0.2, 0.25) is 0 Å². The fourth-order valence-electron chi connectivity index (χ4n) is 4.70. The van der Waals surface area contributed by atoms with Crippen molar-refractivity contribution >= 4 is 5.91 Å². The molecule has 3 aromatic rings. The first-order valence-corrected chi connectivity index (χ1v) is 11.6. The molecule has 180 valence electrons. The van der Waals surface area contributed by atoms with Gasteiger partial charge in [-0.1, -0.05) is 12.1 Å². The van der Waals surface area contributed by atoms with Gasteiger partial charge in [0.1, 0.15) is 17.1 Å². The summed E-state index contributed by atoms with van der Waals surface area (Å²) in [5.41, 5.74) is 4.89. The predicted molar refractivity (Wildman–Crippen MR) is 129 cm³/mol. The smallest absolute Gasteiger partial charge is 0.273 e. The van der Waals surface area contributed by atoms with Gasteiger partial charge in [0.15, 0.2) is 11.5 Å². The van der Waals surface area contributed by atoms with E-state index in [1.807, 2.05) is 52.0 Å². The highest BCUT2D eigenvalue weighted by Gasteiger charge is 2.42. The van der Waals surface area contributed by atoms with Crippen molar-refractivity contribution in [1.29, 1.82) is 0 Å². The van der Waals surface area contributed by atoms with Gasteiger partial charge in [0.25, 0.3) is 5.91 Å². The van der Waals surface area contributed by atoms with Gasteiger partial charge in [0.05, 0.1) is 19.3 Å². The average molecular weight is 466 g/mol. The van der Waals surface area contributed by atoms with Gasteiger partial charge in [-0.2, -0.15) is 5.10 Å². The number of aromatic hydroxyl groups is 1. The monoisotopic (exact) mass is 465 g/mol. The van der Waals surface area contributed by atoms with Crippen molar-refractivity contribution in [2.24, 2.45) is 0 Å². The molecule has 8 heteroatoms. The third-order valence-corrected chi connectivity index (χ3v) is 6.00. The molecule has 3 N–H and O–H groups in total. The second-order valence-corrected chi connectivity index (χ2v) is 8.39. The molecule has 1 unspecified atom stereocenters. The number of aryl methyl sites for hydroxylation is 2. The molecular formula is C26H31N3O5. The lowest BCUT2D eigenvalue weighted by Crippen LogP contribution is -2.31. The summed E-state index contributed by atoms with van der Waals surface area (Å²) in [6, 6.07) is 8.89. The number of carbonyl (C=O) groups excluding carboxylic acids is 1. The highest BCUT2D eigenvalue weighted by molar-refractivity contribution is 6.00. The van der Waals surface area contributed by atoms with Crippen LogP contribution in [0.3, 0.4) is 0 Å². The van der Waals surface area contributed by atoms with E-state index in [0.29, 0.717) is 60.2 Å². The SMILES string of the molecule is CCOc1ccc(C2c3c(-c4c(C)cc(C)cc4O)n[nH]c3C(=O)N2CCCO)cc1OCC. The van der Waals surface area contributed by atoms with Crippen molar-refractivity contribution in [3.63, 3.8) is 0 Å². The lowest BCUT2D eigenvalue weighted by atomic mass is 9.93. The molecule has 4 rings (SSSR count). The van der Waals surface area contributed by atoms with E-state index in [2.05, 4.69) is 10.2 Å². The number of phenolic OH excluding ortho intramolecular Hbond substituents is 1. The zero-order chi connectivity index (χ0) is 24.4. The second kappa shape index (κ2) is 9.77. The van der Waals surface area contributed by atoms with E-state index in [1.54, 1.807) is 11.0 Å². The summed E-state index contributed by atoms with van der Waals surface area (Å²) < 4.78 is 11.6. The largest absolute Gasteiger partial charge is 0.507 e. The zero-order valence-corrected chi connectivity index (χ0v) is 20.0. The van der Waals surface area contributed by atoms with E-state index in [9.17, 15) is 15.0 Å². The van der Waals surface area contributed by atoms with Crippen molar-refractivity contribution < 1.29 is 24.5 Å². The molecule has 1 atom stereocenters. The maximum absolute atomic E-state index is 13.4. The van der Waals surface area contributed by atoms with E-state index >= 15 is 0 Å². The van der Waals surface area contributed by atoms with Crippen molar-refractivity contribution in [3.8, 4) is 28.5 Å². The summed E-state index contributed by atoms with van der Waals surface area (Å²) >= 11 is 0. The number of aliphatic hydroxyl groups excluding tert-OH is 1. The number of ether oxygens (including phenoxy) is 2. The summed E-state index contributed by atoms with van der Waals surface area (Å²) in [7, 11) is 0. The number of aromatic nitrogens is 2. The van der Waals surface area contributed by atoms with Gasteiger partial charge >= 0.3 is 0 Å². The van der Waals surface area contributed by atoms with E-state index < -0.39 is 6.04 Å². The molecule has 2 aromatic carbocycles. The summed E-state index contributed by atoms with van der Waals surface area (Å²) in [4.78, 5) is 15.1. The Morgan fingerprint density at radius 1 is 1.09 bits per heavy atom. The molecule has 34 heavy (non-hydrogen) atoms. The Labute approximate surface area is 199 Å². The average Bonchev–Trinajstić information content (AvgIpc) is 3.32. The summed E-state index contributed by atoms with van der Waals surface area (Å²) in [5, 5.41) is 27.6. The van der Waals surface area contributed by atoms with Gasteiger partial charge in [-0.25, -0.2) is 0 Å². The topological polar surface area (TPSA) is 108 Å². The van der Waals surface area contributed by atoms with Crippen LogP contribution in [0, 0.1) is 13.8 Å². The van der Waals surface area contributed by atoms with Gasteiger partial charge in [-0.05, 0) is 69.0 Å². The second-order valence-electron chi connectivity index (χ2n) is 8.39. The molecule has 0 saturated heterocycles. The number of amides is 1. The Hall–Kier alpha value is -3.52. The maximum atomic E-state index is 13.4. The van der Waals surface area contributed by atoms with Crippen LogP contribution in [0.5, 0.6) is 17.2 Å². The molecule has 0 radical (unpaired) electrons. The van der Waals surface area contributed by atoms with Gasteiger partial charge in [-0.3, -0.25) is 9.89 Å². The van der Waals surface area contributed by atoms with Crippen molar-refractivity contribution in [2.75, 3.05) is 26.4 Å². The number of hydrogen-bond acceptors (Lipinski definition) is 6. The minimum Gasteiger partial charge on any atom is -0.507 e. The van der Waals surface area contributed by atoms with Crippen molar-refractivity contribution in [2.45, 2.75) is 40.2 Å². The molecule has 0 spiro atoms. The van der Waals surface area contributed by atoms with Crippen LogP contribution in [0.1, 0.15) is 59.1 Å². The quantitative estimate of drug-likeness (QED) is 0.439. The molecule has 1 aliphatic heterocycles. The predicted octanol–water partition coefficient (Wildman–Crippen LogP) is 4.12. The number of aliphatic hydroxyl groups is 1. The maximum Gasteiger partial charge on any atom is 0.273 e. The fourth-order valence-corrected chi connectivity index (χ4v) is 4.70. The molecule has 2 heterocycles. The fraction of sp³-hybridized carbons (Fsp3) is 0.385. The first-order chi connectivity index (χ1) is 16.4. The standard InChI is InChI=1S/C26H31N3O5/c1-5-33-19-9-8-17(14-20(19)34-6-2)25-22-23(21-16(4)12-15(3)13-18(21)31)27-28-24(22)26(32)29(25)10-7-11-30/h8-9,12-14,25,30-31H,5-7,10-11H2,1-4H3,(H,27,28). The van der Waals surface area contributed by atoms with Gasteiger partial charge in [-0.15, -0.1) is 0 Å². The van der Waals surface area contributed by atoms with Crippen molar-refractivity contribution in [3.05, 3.63) is 58.3 Å². The first-order valence-electron chi connectivity index (χ1n) is 11.6. The van der Waals surface area contributed by atoms with Crippen LogP contribution in [0.2, 0.25) is 0 Å². The van der Waals surface area contributed by atoms with Crippen LogP contribution >= 0.6 is 0 Å². The minimum atomic E-state index is -0.460. The first kappa shape index (κ1) is 23.6. The number of fused-ring (bicyclic) bond motifs is 1. The van der Waals surface area contributed by atoms with Crippen LogP contribution < -0.4 is 9.47 Å². The molecule has 1 aliphatic rings. The number of benzene rings is 2. The normalized spacial score (nSPS) is 15.0. The number of hydrogen-bond donors (Lipinski definition) is 3. The number of nitrogens with zero attached hydrogens (tertiary/aromatic N) is 2. The molecule has 1 amide bonds. The van der Waals surface area contributed by atoms with Crippen LogP contribution in [-0.2, 0) is 0 Å². The zero-order valence-electron chi connectivity index (χ0n) is 20.0. The van der Waals surface area contributed by atoms with Crippen LogP contribution in [-0.4, -0.2) is 57.6 Å². The molecule has 1 aromatic heterocycles. The van der Waals surface area contributed by atoms with E-state index in [4.69, 9.17) is 9.47 Å². The Balaban J connectivity index is 1.90. The molecule has 0 fully saturated rings. The van der Waals surface area contributed by atoms with Crippen LogP contribution in [0.25, 0.3) is 11.3 Å². The van der Waals surface area contributed by atoms with E-state index in [-0.39, 0.29) is 18.3 Å². The lowest BCUT2D eigenvalue weighted by molar-refractivity contribution is 0.0732. The number of carbonyl (C=O) groups is 1. The number of rotatable bonds is 9. The Morgan fingerprint density at radius 2 is 1.82 bits per heavy atom. The van der Waals surface area contributed by atoms with E-state index in [1.165, 1.54) is 0 Å². The minimum absolute atomic E-state index is 0.0269. The van der Waals surface area contributed by atoms with Crippen LogP contribution in [0.15, 0.2) is 30.3 Å². The van der Waals surface area contributed by atoms with Gasteiger partial charge < -0.3 is 24.6 Å². The Bertz CT molecular complexity index is 1180. The third kappa shape index (κ3) is 4.09. The third-order valence-electron chi connectivity index (χ3n) is 6.00. The summed E-state index contributed by atoms with van der Waals surface area (Å²) in [6.45, 7) is 8.98. The lowest BCUT2D eigenvalue weighted by Gasteiger charge is -2.27. The van der Waals surface area contributed by atoms with Gasteiger partial charge in [0, 0.05) is 24.3 Å². The number of nitrogens with one attached hydrogen (secondary N) is 1. The molecule has 0 bridgehead atoms. The van der Waals surface area contributed by atoms with Crippen LogP contribution in [0.4, 0.5) is 0 Å².